The zero-order valence-corrected chi connectivity index (χ0v) is 77.0. The topological polar surface area (TPSA) is 19.7 Å². The lowest BCUT2D eigenvalue weighted by atomic mass is 9.43. The van der Waals surface area contributed by atoms with Crippen molar-refractivity contribution in [1.82, 2.24) is 18.3 Å². The lowest BCUT2D eigenvalue weighted by molar-refractivity contribution is -0.0399. The van der Waals surface area contributed by atoms with Crippen LogP contribution in [0, 0.1) is 47.3 Å². The number of hydrogen-bond acceptors (Lipinski definition) is 1. The summed E-state index contributed by atoms with van der Waals surface area (Å²) >= 11 is 1.88. The van der Waals surface area contributed by atoms with Crippen LogP contribution in [0.2, 0.25) is 0 Å². The van der Waals surface area contributed by atoms with Gasteiger partial charge in [-0.05, 0) is 374 Å². The first-order valence-corrected chi connectivity index (χ1v) is 51.0. The van der Waals surface area contributed by atoms with Crippen LogP contribution < -0.4 is 0 Å². The third-order valence-electron chi connectivity index (χ3n) is 35.2. The Labute approximate surface area is 799 Å². The van der Waals surface area contributed by atoms with Gasteiger partial charge < -0.3 is 18.3 Å². The molecule has 8 bridgehead atoms. The van der Waals surface area contributed by atoms with Gasteiger partial charge in [0.05, 0.1) is 44.1 Å². The predicted octanol–water partition coefficient (Wildman–Crippen LogP) is 35.1. The maximum absolute atomic E-state index is 2.65. The van der Waals surface area contributed by atoms with Gasteiger partial charge in [0, 0.05) is 96.8 Å². The Morgan fingerprint density at radius 2 is 0.474 bits per heavy atom. The molecule has 137 heavy (non-hydrogen) atoms. The van der Waals surface area contributed by atoms with Gasteiger partial charge in [-0.25, -0.2) is 0 Å². The van der Waals surface area contributed by atoms with Gasteiger partial charge in [0.15, 0.2) is 0 Å². The van der Waals surface area contributed by atoms with Crippen LogP contribution in [0.25, 0.3) is 219 Å². The SMILES string of the molecule is c1ccc(-c2ccc3c(c2)c2cc(-c4ccc5c(c4)c4ccccc4n5-c4ccc(-c5ccc6ccccc6c5)cc4)ccc2n3-c2ccc3c(c2)C2(c4ccccc4-3)C3CC4CC(C3)CC2C4)cc1.c1ccc(-c2ccc3c(c2)c2cc(-c4ccc5c(c4)c4ccccc4n5-c4ccc5sc6ccccc6c5c4)ccc2n3-c2ccc3c(c2)C2(c4ccccc4-3)C3CC4CC(C3)CC2C4)cc1. The molecule has 0 N–H and O–H groups in total. The molecule has 8 fully saturated rings. The minimum atomic E-state index is 0.116. The second-order valence-corrected chi connectivity index (χ2v) is 42.9. The Bertz CT molecular complexity index is 9210. The second kappa shape index (κ2) is 29.2. The third kappa shape index (κ3) is 11.2. The molecule has 10 aliphatic carbocycles. The van der Waals surface area contributed by atoms with Gasteiger partial charge in [-0.1, -0.05) is 261 Å². The minimum Gasteiger partial charge on any atom is -0.309 e. The molecule has 10 aliphatic rings. The Kier molecular flexibility index (Phi) is 16.5. The summed E-state index contributed by atoms with van der Waals surface area (Å²) in [6.07, 6.45) is 14.0. The molecule has 650 valence electrons. The quantitative estimate of drug-likeness (QED) is 0.137. The van der Waals surface area contributed by atoms with Crippen LogP contribution in [0.15, 0.2) is 413 Å². The first kappa shape index (κ1) is 77.2. The number of fused-ring (bicyclic) bond motifs is 22. The zero-order valence-electron chi connectivity index (χ0n) is 76.1. The molecule has 0 saturated heterocycles. The lowest BCUT2D eigenvalue weighted by Gasteiger charge is -2.61. The fourth-order valence-corrected chi connectivity index (χ4v) is 31.1. The molecule has 24 aromatic rings. The van der Waals surface area contributed by atoms with E-state index in [4.69, 9.17) is 0 Å². The van der Waals surface area contributed by atoms with Crippen molar-refractivity contribution in [1.29, 1.82) is 0 Å². The molecular weight excluding hydrogens is 1670 g/mol. The maximum atomic E-state index is 2.65. The molecule has 8 saturated carbocycles. The summed E-state index contributed by atoms with van der Waals surface area (Å²) in [6, 6.07) is 157. The van der Waals surface area contributed by atoms with E-state index in [2.05, 4.69) is 431 Å². The normalized spacial score (nSPS) is 21.2. The highest BCUT2D eigenvalue weighted by Crippen LogP contribution is 2.72. The number of para-hydroxylation sites is 2. The van der Waals surface area contributed by atoms with E-state index in [9.17, 15) is 0 Å². The van der Waals surface area contributed by atoms with Gasteiger partial charge in [0.2, 0.25) is 0 Å². The van der Waals surface area contributed by atoms with Crippen LogP contribution in [0.4, 0.5) is 0 Å². The summed E-state index contributed by atoms with van der Waals surface area (Å²) in [5, 5.41) is 15.4. The van der Waals surface area contributed by atoms with Crippen LogP contribution in [0.3, 0.4) is 0 Å². The van der Waals surface area contributed by atoms with Crippen molar-refractivity contribution in [2.45, 2.75) is 75.0 Å². The van der Waals surface area contributed by atoms with Crippen molar-refractivity contribution in [2.75, 3.05) is 0 Å². The molecule has 5 aromatic heterocycles. The Morgan fingerprint density at radius 1 is 0.175 bits per heavy atom. The first-order chi connectivity index (χ1) is 67.8. The average Bonchev–Trinajstić information content (AvgIpc) is 1.53. The number of nitrogens with zero attached hydrogens (tertiary/aromatic N) is 4. The van der Waals surface area contributed by atoms with Crippen molar-refractivity contribution < 1.29 is 0 Å². The fraction of sp³-hybridized carbons (Fsp3) is 0.152. The highest BCUT2D eigenvalue weighted by atomic mass is 32.1. The highest BCUT2D eigenvalue weighted by molar-refractivity contribution is 7.25. The molecule has 4 nitrogen and oxygen atoms in total. The Hall–Kier alpha value is -15.1. The van der Waals surface area contributed by atoms with Crippen LogP contribution in [-0.4, -0.2) is 18.3 Å². The smallest absolute Gasteiger partial charge is 0.0541 e. The largest absolute Gasteiger partial charge is 0.309 e. The van der Waals surface area contributed by atoms with E-state index < -0.39 is 0 Å². The average molecular weight is 1770 g/mol. The van der Waals surface area contributed by atoms with Crippen molar-refractivity contribution in [3.8, 4) is 101 Å². The van der Waals surface area contributed by atoms with E-state index in [1.54, 1.807) is 22.3 Å². The van der Waals surface area contributed by atoms with Crippen molar-refractivity contribution in [3.05, 3.63) is 435 Å². The monoisotopic (exact) mass is 1770 g/mol. The van der Waals surface area contributed by atoms with E-state index >= 15 is 0 Å². The lowest BCUT2D eigenvalue weighted by Crippen LogP contribution is -2.55. The molecule has 0 aliphatic heterocycles. The number of rotatable bonds is 9. The van der Waals surface area contributed by atoms with Gasteiger partial charge in [0.1, 0.15) is 0 Å². The minimum absolute atomic E-state index is 0.116. The summed E-state index contributed by atoms with van der Waals surface area (Å²) in [5.41, 5.74) is 39.7. The molecule has 2 spiro atoms. The van der Waals surface area contributed by atoms with Gasteiger partial charge in [0.25, 0.3) is 0 Å². The van der Waals surface area contributed by atoms with Crippen LogP contribution >= 0.6 is 11.3 Å². The fourth-order valence-electron chi connectivity index (χ4n) is 30.0. The zero-order chi connectivity index (χ0) is 89.2. The number of benzene rings is 19. The molecule has 0 atom stereocenters. The van der Waals surface area contributed by atoms with Crippen molar-refractivity contribution in [3.63, 3.8) is 0 Å². The van der Waals surface area contributed by atoms with Crippen molar-refractivity contribution >= 4 is 130 Å². The molecule has 5 heteroatoms. The summed E-state index contributed by atoms with van der Waals surface area (Å²) in [4.78, 5) is 0. The van der Waals surface area contributed by atoms with Crippen LogP contribution in [0.5, 0.6) is 0 Å². The Morgan fingerprint density at radius 3 is 0.927 bits per heavy atom. The predicted molar refractivity (Wildman–Crippen MR) is 574 cm³/mol. The van der Waals surface area contributed by atoms with Crippen LogP contribution in [0.1, 0.15) is 86.5 Å². The number of hydrogen-bond donors (Lipinski definition) is 0. The molecule has 19 aromatic carbocycles. The third-order valence-corrected chi connectivity index (χ3v) is 36.3. The van der Waals surface area contributed by atoms with E-state index in [1.807, 2.05) is 11.3 Å². The van der Waals surface area contributed by atoms with Gasteiger partial charge >= 0.3 is 0 Å². The molecule has 5 heterocycles. The first-order valence-electron chi connectivity index (χ1n) is 50.1. The molecule has 0 unspecified atom stereocenters. The second-order valence-electron chi connectivity index (χ2n) is 41.8. The summed E-state index contributed by atoms with van der Waals surface area (Å²) < 4.78 is 12.7. The number of aromatic nitrogens is 4. The van der Waals surface area contributed by atoms with Crippen LogP contribution in [-0.2, 0) is 10.8 Å². The van der Waals surface area contributed by atoms with E-state index in [0.717, 1.165) is 53.0 Å². The highest BCUT2D eigenvalue weighted by Gasteiger charge is 2.63. The number of thiophene rings is 1. The molecular formula is C132H96N4S. The maximum Gasteiger partial charge on any atom is 0.0541 e. The van der Waals surface area contributed by atoms with Gasteiger partial charge in [-0.15, -0.1) is 11.3 Å². The van der Waals surface area contributed by atoms with E-state index in [1.165, 1.54) is 277 Å². The summed E-state index contributed by atoms with van der Waals surface area (Å²) in [5.74, 6) is 6.57. The standard InChI is InChI=1S/C68H50N2.C64H46N2S/c1-2-10-44(11-3-1)49-22-29-66-60(38-49)61-40-51(24-31-67(61)70(66)55-27-28-57-56-14-6-8-16-62(56)68(63(57)41-55)52-33-42-32-43(35-52)36-53(68)34-42)50-23-30-65-59(39-50)58-15-7-9-17-64(58)69(65)54-25-20-46(21-26-54)48-19-18-45-12-4-5-13-47(45)37-48;1-2-10-40(11-3-1)41-18-24-60-53(33-41)54-35-43(42-19-25-59-52(34-42)50-13-5-8-16-58(50)65(59)46-22-27-63-55(36-46)51-14-6-9-17-62(51)67-63)20-26-61(54)66(60)47-21-23-49-48-12-4-7-15-56(48)64(57(49)37-47)44-29-38-28-39(31-44)32-45(64)30-38/h1-31,37-43,52-53H,32-36H2;1-27,33-39,44-45H,28-32H2. The van der Waals surface area contributed by atoms with Crippen molar-refractivity contribution in [2.24, 2.45) is 47.3 Å². The summed E-state index contributed by atoms with van der Waals surface area (Å²) in [7, 11) is 0. The summed E-state index contributed by atoms with van der Waals surface area (Å²) in [6.45, 7) is 0. The van der Waals surface area contributed by atoms with Gasteiger partial charge in [-0.2, -0.15) is 0 Å². The molecule has 34 rings (SSSR count). The van der Waals surface area contributed by atoms with E-state index in [0.29, 0.717) is 0 Å². The molecule has 0 radical (unpaired) electrons. The molecule has 0 amide bonds. The van der Waals surface area contributed by atoms with E-state index in [-0.39, 0.29) is 10.8 Å². The Balaban J connectivity index is 0.000000127. The van der Waals surface area contributed by atoms with Gasteiger partial charge in [-0.3, -0.25) is 0 Å².